The number of thioether (sulfide) groups is 1. The van der Waals surface area contributed by atoms with Gasteiger partial charge in [-0.3, -0.25) is 9.36 Å². The lowest BCUT2D eigenvalue weighted by Crippen LogP contribution is -2.28. The third kappa shape index (κ3) is 6.55. The number of rotatable bonds is 9. The van der Waals surface area contributed by atoms with E-state index in [0.29, 0.717) is 40.4 Å². The van der Waals surface area contributed by atoms with Crippen LogP contribution >= 0.6 is 39.3 Å². The normalized spacial score (nSPS) is 14.0. The first kappa shape index (κ1) is 27.9. The first-order chi connectivity index (χ1) is 18.8. The van der Waals surface area contributed by atoms with E-state index < -0.39 is 10.0 Å². The van der Waals surface area contributed by atoms with Gasteiger partial charge >= 0.3 is 0 Å². The third-order valence-electron chi connectivity index (χ3n) is 6.27. The molecule has 1 N–H and O–H groups in total. The highest BCUT2D eigenvalue weighted by Gasteiger charge is 2.27. The SMILES string of the molecule is O=C(NCc1nnc(SCc2ccc(Br)cc2)n1-c1cccc(Cl)c1)c1ccc(S(=O)(=O)N2CCCC2)cc1. The minimum absolute atomic E-state index is 0.116. The highest BCUT2D eigenvalue weighted by molar-refractivity contribution is 9.10. The number of halogens is 2. The van der Waals surface area contributed by atoms with Crippen LogP contribution in [0.5, 0.6) is 0 Å². The van der Waals surface area contributed by atoms with Gasteiger partial charge in [0.1, 0.15) is 0 Å². The fourth-order valence-electron chi connectivity index (χ4n) is 4.23. The monoisotopic (exact) mass is 645 g/mol. The number of hydrogen-bond acceptors (Lipinski definition) is 6. The minimum Gasteiger partial charge on any atom is -0.345 e. The number of hydrogen-bond donors (Lipinski definition) is 1. The van der Waals surface area contributed by atoms with E-state index in [-0.39, 0.29) is 17.3 Å². The van der Waals surface area contributed by atoms with Crippen molar-refractivity contribution in [2.75, 3.05) is 13.1 Å². The number of carbonyl (C=O) groups is 1. The van der Waals surface area contributed by atoms with Gasteiger partial charge in [-0.25, -0.2) is 8.42 Å². The molecule has 0 bridgehead atoms. The second kappa shape index (κ2) is 12.2. The molecule has 1 aliphatic rings. The van der Waals surface area contributed by atoms with Crippen LogP contribution in [-0.2, 0) is 22.3 Å². The summed E-state index contributed by atoms with van der Waals surface area (Å²) in [6.45, 7) is 1.17. The average molecular weight is 647 g/mol. The van der Waals surface area contributed by atoms with Crippen LogP contribution < -0.4 is 5.32 Å². The number of carbonyl (C=O) groups excluding carboxylic acids is 1. The van der Waals surface area contributed by atoms with Crippen molar-refractivity contribution in [1.29, 1.82) is 0 Å². The zero-order valence-corrected chi connectivity index (χ0v) is 24.7. The quantitative estimate of drug-likeness (QED) is 0.235. The number of amides is 1. The summed E-state index contributed by atoms with van der Waals surface area (Å²) in [6.07, 6.45) is 1.73. The molecular formula is C27H25BrClN5O3S2. The molecule has 1 fully saturated rings. The topological polar surface area (TPSA) is 97.2 Å². The van der Waals surface area contributed by atoms with Crippen molar-refractivity contribution in [3.8, 4) is 5.69 Å². The van der Waals surface area contributed by atoms with Crippen molar-refractivity contribution in [2.45, 2.75) is 35.2 Å². The molecule has 8 nitrogen and oxygen atoms in total. The molecule has 202 valence electrons. The standard InChI is InChI=1S/C27H25BrClN5O3S2/c28-21-10-6-19(7-11-21)18-38-27-32-31-25(34(27)23-5-3-4-22(29)16-23)17-30-26(35)20-8-12-24(13-9-20)39(36,37)33-14-1-2-15-33/h3-13,16H,1-2,14-15,17-18H2,(H,30,35). The summed E-state index contributed by atoms with van der Waals surface area (Å²) in [6, 6.07) is 21.4. The molecular weight excluding hydrogens is 622 g/mol. The van der Waals surface area contributed by atoms with Crippen LogP contribution in [0.1, 0.15) is 34.6 Å². The van der Waals surface area contributed by atoms with Crippen molar-refractivity contribution >= 4 is 55.2 Å². The summed E-state index contributed by atoms with van der Waals surface area (Å²) in [5, 5.41) is 12.8. The Morgan fingerprint density at radius 1 is 1.00 bits per heavy atom. The molecule has 4 aromatic rings. The van der Waals surface area contributed by atoms with E-state index in [2.05, 4.69) is 31.4 Å². The lowest BCUT2D eigenvalue weighted by atomic mass is 10.2. The molecule has 1 aliphatic heterocycles. The van der Waals surface area contributed by atoms with Crippen molar-refractivity contribution in [2.24, 2.45) is 0 Å². The molecule has 0 spiro atoms. The average Bonchev–Trinajstić information content (AvgIpc) is 3.63. The number of nitrogens with zero attached hydrogens (tertiary/aromatic N) is 4. The molecule has 1 aromatic heterocycles. The Bertz CT molecular complexity index is 1570. The molecule has 1 amide bonds. The van der Waals surface area contributed by atoms with Crippen LogP contribution in [0, 0.1) is 0 Å². The van der Waals surface area contributed by atoms with Gasteiger partial charge in [-0.2, -0.15) is 4.31 Å². The van der Waals surface area contributed by atoms with Gasteiger partial charge in [-0.15, -0.1) is 10.2 Å². The van der Waals surface area contributed by atoms with E-state index in [4.69, 9.17) is 11.6 Å². The van der Waals surface area contributed by atoms with Crippen LogP contribution in [0.2, 0.25) is 5.02 Å². The summed E-state index contributed by atoms with van der Waals surface area (Å²) in [7, 11) is -3.54. The Morgan fingerprint density at radius 3 is 2.41 bits per heavy atom. The van der Waals surface area contributed by atoms with Crippen LogP contribution in [0.15, 0.2) is 87.3 Å². The van der Waals surface area contributed by atoms with Gasteiger partial charge in [0.25, 0.3) is 5.91 Å². The number of sulfonamides is 1. The van der Waals surface area contributed by atoms with E-state index in [0.717, 1.165) is 28.6 Å². The maximum absolute atomic E-state index is 12.9. The Hall–Kier alpha value is -2.70. The summed E-state index contributed by atoms with van der Waals surface area (Å²) < 4.78 is 29.9. The van der Waals surface area contributed by atoms with Gasteiger partial charge in [0.15, 0.2) is 11.0 Å². The predicted octanol–water partition coefficient (Wildman–Crippen LogP) is 5.69. The highest BCUT2D eigenvalue weighted by Crippen LogP contribution is 2.27. The molecule has 0 radical (unpaired) electrons. The third-order valence-corrected chi connectivity index (χ3v) is 9.95. The number of aromatic nitrogens is 3. The summed E-state index contributed by atoms with van der Waals surface area (Å²) in [5.41, 5.74) is 2.27. The van der Waals surface area contributed by atoms with Gasteiger partial charge in [0.05, 0.1) is 17.1 Å². The van der Waals surface area contributed by atoms with Gasteiger partial charge in [0.2, 0.25) is 10.0 Å². The minimum atomic E-state index is -3.54. The van der Waals surface area contributed by atoms with Crippen LogP contribution in [0.25, 0.3) is 5.69 Å². The zero-order valence-electron chi connectivity index (χ0n) is 20.8. The van der Waals surface area contributed by atoms with Crippen molar-refractivity contribution in [3.05, 3.63) is 99.2 Å². The Labute approximate surface area is 245 Å². The molecule has 0 aliphatic carbocycles. The van der Waals surface area contributed by atoms with E-state index in [9.17, 15) is 13.2 Å². The Morgan fingerprint density at radius 2 is 1.72 bits per heavy atom. The Kier molecular flexibility index (Phi) is 8.73. The van der Waals surface area contributed by atoms with Crippen molar-refractivity contribution < 1.29 is 13.2 Å². The largest absolute Gasteiger partial charge is 0.345 e. The molecule has 2 heterocycles. The molecule has 3 aromatic carbocycles. The van der Waals surface area contributed by atoms with Gasteiger partial charge in [-0.1, -0.05) is 57.5 Å². The first-order valence-electron chi connectivity index (χ1n) is 12.3. The fraction of sp³-hybridized carbons (Fsp3) is 0.222. The summed E-state index contributed by atoms with van der Waals surface area (Å²) >= 11 is 11.3. The van der Waals surface area contributed by atoms with Crippen molar-refractivity contribution in [3.63, 3.8) is 0 Å². The van der Waals surface area contributed by atoms with Crippen molar-refractivity contribution in [1.82, 2.24) is 24.4 Å². The lowest BCUT2D eigenvalue weighted by Gasteiger charge is -2.15. The van der Waals surface area contributed by atoms with Crippen LogP contribution in [0.4, 0.5) is 0 Å². The van der Waals surface area contributed by atoms with Gasteiger partial charge < -0.3 is 5.32 Å². The molecule has 1 saturated heterocycles. The smallest absolute Gasteiger partial charge is 0.251 e. The maximum atomic E-state index is 12.9. The number of benzene rings is 3. The van der Waals surface area contributed by atoms with Gasteiger partial charge in [0, 0.05) is 33.9 Å². The molecule has 12 heteroatoms. The summed E-state index contributed by atoms with van der Waals surface area (Å²) in [5.74, 6) is 0.882. The molecule has 0 atom stereocenters. The summed E-state index contributed by atoms with van der Waals surface area (Å²) in [4.78, 5) is 13.1. The second-order valence-electron chi connectivity index (χ2n) is 8.95. The van der Waals surface area contributed by atoms with Crippen LogP contribution in [-0.4, -0.2) is 46.5 Å². The van der Waals surface area contributed by atoms with Gasteiger partial charge in [-0.05, 0) is 73.0 Å². The maximum Gasteiger partial charge on any atom is 0.251 e. The molecule has 0 unspecified atom stereocenters. The molecule has 0 saturated carbocycles. The lowest BCUT2D eigenvalue weighted by molar-refractivity contribution is 0.0949. The van der Waals surface area contributed by atoms with Crippen LogP contribution in [0.3, 0.4) is 0 Å². The van der Waals surface area contributed by atoms with E-state index in [1.807, 2.05) is 47.0 Å². The fourth-order valence-corrected chi connectivity index (χ4v) is 7.12. The first-order valence-corrected chi connectivity index (χ1v) is 15.9. The second-order valence-corrected chi connectivity index (χ2v) is 13.2. The molecule has 5 rings (SSSR count). The number of nitrogens with one attached hydrogen (secondary N) is 1. The molecule has 39 heavy (non-hydrogen) atoms. The zero-order chi connectivity index (χ0) is 27.4. The van der Waals surface area contributed by atoms with E-state index >= 15 is 0 Å². The Balaban J connectivity index is 1.31. The predicted molar refractivity (Wildman–Crippen MR) is 156 cm³/mol. The highest BCUT2D eigenvalue weighted by atomic mass is 79.9. The van der Waals surface area contributed by atoms with E-state index in [1.54, 1.807) is 6.07 Å². The van der Waals surface area contributed by atoms with E-state index in [1.165, 1.54) is 40.3 Å².